The van der Waals surface area contributed by atoms with Gasteiger partial charge in [-0.25, -0.2) is 9.18 Å². The van der Waals surface area contributed by atoms with Gasteiger partial charge in [0.25, 0.3) is 5.91 Å². The number of rotatable bonds is 5. The Bertz CT molecular complexity index is 683. The fourth-order valence-corrected chi connectivity index (χ4v) is 2.03. The Kier molecular flexibility index (Phi) is 4.88. The van der Waals surface area contributed by atoms with Crippen LogP contribution in [-0.2, 0) is 11.2 Å². The minimum absolute atomic E-state index is 0.0927. The lowest BCUT2D eigenvalue weighted by Gasteiger charge is -2.15. The summed E-state index contributed by atoms with van der Waals surface area (Å²) in [6.45, 7) is 1.93. The second-order valence-electron chi connectivity index (χ2n) is 5.06. The van der Waals surface area contributed by atoms with Crippen LogP contribution in [0.5, 0.6) is 0 Å². The molecule has 1 amide bonds. The highest BCUT2D eigenvalue weighted by molar-refractivity contribution is 5.96. The van der Waals surface area contributed by atoms with E-state index in [9.17, 15) is 19.1 Å². The van der Waals surface area contributed by atoms with Gasteiger partial charge < -0.3 is 10.4 Å². The molecule has 0 aliphatic rings. The first-order valence-corrected chi connectivity index (χ1v) is 6.80. The van der Waals surface area contributed by atoms with Crippen LogP contribution in [0, 0.1) is 12.7 Å². The molecule has 0 spiro atoms. The van der Waals surface area contributed by atoms with Crippen molar-refractivity contribution < 1.29 is 19.1 Å². The number of carbonyl (C=O) groups is 2. The van der Waals surface area contributed by atoms with Crippen molar-refractivity contribution in [2.45, 2.75) is 19.4 Å². The van der Waals surface area contributed by atoms with E-state index in [2.05, 4.69) is 5.32 Å². The predicted molar refractivity (Wildman–Crippen MR) is 80.2 cm³/mol. The molecule has 0 saturated heterocycles. The zero-order valence-corrected chi connectivity index (χ0v) is 12.0. The Morgan fingerprint density at radius 3 is 2.45 bits per heavy atom. The van der Waals surface area contributed by atoms with Crippen LogP contribution in [-0.4, -0.2) is 23.0 Å². The number of aryl methyl sites for hydroxylation is 1. The second kappa shape index (κ2) is 6.85. The number of benzene rings is 2. The monoisotopic (exact) mass is 301 g/mol. The molecule has 0 radical (unpaired) electrons. The number of carboxylic acids is 1. The first-order chi connectivity index (χ1) is 10.5. The normalized spacial score (nSPS) is 11.7. The van der Waals surface area contributed by atoms with E-state index in [1.54, 1.807) is 0 Å². The average molecular weight is 301 g/mol. The smallest absolute Gasteiger partial charge is 0.326 e. The van der Waals surface area contributed by atoms with Gasteiger partial charge in [0.1, 0.15) is 11.9 Å². The Balaban J connectivity index is 2.10. The van der Waals surface area contributed by atoms with E-state index in [0.717, 1.165) is 17.2 Å². The summed E-state index contributed by atoms with van der Waals surface area (Å²) >= 11 is 0. The summed E-state index contributed by atoms with van der Waals surface area (Å²) in [5.74, 6) is -2.29. The summed E-state index contributed by atoms with van der Waals surface area (Å²) in [5.41, 5.74) is 1.96. The van der Waals surface area contributed by atoms with Crippen LogP contribution >= 0.6 is 0 Å². The van der Waals surface area contributed by atoms with Crippen molar-refractivity contribution in [1.29, 1.82) is 0 Å². The summed E-state index contributed by atoms with van der Waals surface area (Å²) in [6, 6.07) is 11.4. The number of carboxylic acid groups (broad SMARTS) is 1. The summed E-state index contributed by atoms with van der Waals surface area (Å²) in [4.78, 5) is 23.3. The maximum atomic E-state index is 13.1. The molecule has 5 heteroatoms. The molecule has 0 aromatic heterocycles. The van der Waals surface area contributed by atoms with Gasteiger partial charge in [0, 0.05) is 12.0 Å². The molecule has 0 unspecified atom stereocenters. The first-order valence-electron chi connectivity index (χ1n) is 6.80. The lowest BCUT2D eigenvalue weighted by atomic mass is 10.0. The van der Waals surface area contributed by atoms with Crippen molar-refractivity contribution in [3.05, 3.63) is 71.0 Å². The molecular weight excluding hydrogens is 285 g/mol. The van der Waals surface area contributed by atoms with Gasteiger partial charge in [-0.05, 0) is 30.7 Å². The molecular formula is C17H16FNO3. The van der Waals surface area contributed by atoms with Gasteiger partial charge in [0.2, 0.25) is 0 Å². The van der Waals surface area contributed by atoms with Crippen molar-refractivity contribution in [2.24, 2.45) is 0 Å². The summed E-state index contributed by atoms with van der Waals surface area (Å²) < 4.78 is 13.1. The Morgan fingerprint density at radius 2 is 1.86 bits per heavy atom. The van der Waals surface area contributed by atoms with Gasteiger partial charge in [-0.2, -0.15) is 0 Å². The first kappa shape index (κ1) is 15.7. The van der Waals surface area contributed by atoms with Gasteiger partial charge in [0.05, 0.1) is 0 Å². The fraction of sp³-hybridized carbons (Fsp3) is 0.176. The van der Waals surface area contributed by atoms with E-state index >= 15 is 0 Å². The van der Waals surface area contributed by atoms with Crippen LogP contribution in [0.2, 0.25) is 0 Å². The van der Waals surface area contributed by atoms with Gasteiger partial charge in [-0.1, -0.05) is 35.9 Å². The topological polar surface area (TPSA) is 66.4 Å². The second-order valence-corrected chi connectivity index (χ2v) is 5.06. The number of carbonyl (C=O) groups excluding carboxylic acids is 1. The van der Waals surface area contributed by atoms with Gasteiger partial charge in [-0.15, -0.1) is 0 Å². The summed E-state index contributed by atoms with van der Waals surface area (Å²) in [7, 11) is 0. The number of nitrogens with one attached hydrogen (secondary N) is 1. The number of hydrogen-bond acceptors (Lipinski definition) is 2. The molecule has 22 heavy (non-hydrogen) atoms. The molecule has 2 aromatic rings. The molecule has 0 fully saturated rings. The molecule has 0 bridgehead atoms. The molecule has 114 valence electrons. The molecule has 2 aromatic carbocycles. The molecule has 0 aliphatic heterocycles. The fourth-order valence-electron chi connectivity index (χ4n) is 2.03. The molecule has 4 nitrogen and oxygen atoms in total. The SMILES string of the molecule is Cc1ccc(C[C@@H](NC(=O)c2cccc(F)c2)C(=O)O)cc1. The van der Waals surface area contributed by atoms with E-state index in [4.69, 9.17) is 0 Å². The lowest BCUT2D eigenvalue weighted by molar-refractivity contribution is -0.139. The van der Waals surface area contributed by atoms with Crippen LogP contribution in [0.15, 0.2) is 48.5 Å². The average Bonchev–Trinajstić information content (AvgIpc) is 2.48. The largest absolute Gasteiger partial charge is 0.480 e. The van der Waals surface area contributed by atoms with Gasteiger partial charge >= 0.3 is 5.97 Å². The Labute approximate surface area is 127 Å². The number of aliphatic carboxylic acids is 1. The van der Waals surface area contributed by atoms with E-state index < -0.39 is 23.7 Å². The highest BCUT2D eigenvalue weighted by Gasteiger charge is 2.21. The van der Waals surface area contributed by atoms with E-state index in [1.165, 1.54) is 18.2 Å². The third-order valence-corrected chi connectivity index (χ3v) is 3.25. The minimum atomic E-state index is -1.13. The van der Waals surface area contributed by atoms with Crippen LogP contribution in [0.25, 0.3) is 0 Å². The summed E-state index contributed by atoms with van der Waals surface area (Å²) in [6.07, 6.45) is 0.163. The predicted octanol–water partition coefficient (Wildman–Crippen LogP) is 2.56. The zero-order valence-electron chi connectivity index (χ0n) is 12.0. The van der Waals surface area contributed by atoms with E-state index in [-0.39, 0.29) is 12.0 Å². The number of amides is 1. The number of hydrogen-bond donors (Lipinski definition) is 2. The third kappa shape index (κ3) is 4.15. The van der Waals surface area contributed by atoms with Crippen molar-refractivity contribution in [3.8, 4) is 0 Å². The van der Waals surface area contributed by atoms with Crippen LogP contribution in [0.3, 0.4) is 0 Å². The maximum Gasteiger partial charge on any atom is 0.326 e. The van der Waals surface area contributed by atoms with Crippen LogP contribution in [0.4, 0.5) is 4.39 Å². The van der Waals surface area contributed by atoms with E-state index in [0.29, 0.717) is 0 Å². The molecule has 2 N–H and O–H groups in total. The van der Waals surface area contributed by atoms with Gasteiger partial charge in [-0.3, -0.25) is 4.79 Å². The quantitative estimate of drug-likeness (QED) is 0.892. The minimum Gasteiger partial charge on any atom is -0.480 e. The Hall–Kier alpha value is -2.69. The zero-order chi connectivity index (χ0) is 16.1. The van der Waals surface area contributed by atoms with Crippen molar-refractivity contribution in [2.75, 3.05) is 0 Å². The highest BCUT2D eigenvalue weighted by atomic mass is 19.1. The van der Waals surface area contributed by atoms with E-state index in [1.807, 2.05) is 31.2 Å². The van der Waals surface area contributed by atoms with Crippen molar-refractivity contribution >= 4 is 11.9 Å². The summed E-state index contributed by atoms with van der Waals surface area (Å²) in [5, 5.41) is 11.7. The van der Waals surface area contributed by atoms with Crippen molar-refractivity contribution in [1.82, 2.24) is 5.32 Å². The molecule has 2 rings (SSSR count). The standard InChI is InChI=1S/C17H16FNO3/c1-11-5-7-12(8-6-11)9-15(17(21)22)19-16(20)13-3-2-4-14(18)10-13/h2-8,10,15H,9H2,1H3,(H,19,20)(H,21,22)/t15-/m1/s1. The maximum absolute atomic E-state index is 13.1. The van der Waals surface area contributed by atoms with Crippen LogP contribution < -0.4 is 5.32 Å². The molecule has 0 heterocycles. The lowest BCUT2D eigenvalue weighted by Crippen LogP contribution is -2.42. The molecule has 1 atom stereocenters. The van der Waals surface area contributed by atoms with Gasteiger partial charge in [0.15, 0.2) is 0 Å². The third-order valence-electron chi connectivity index (χ3n) is 3.25. The molecule has 0 saturated carbocycles. The molecule has 0 aliphatic carbocycles. The number of halogens is 1. The van der Waals surface area contributed by atoms with Crippen LogP contribution in [0.1, 0.15) is 21.5 Å². The van der Waals surface area contributed by atoms with Crippen molar-refractivity contribution in [3.63, 3.8) is 0 Å². The Morgan fingerprint density at radius 1 is 1.18 bits per heavy atom. The highest BCUT2D eigenvalue weighted by Crippen LogP contribution is 2.08.